The number of nitrogens with zero attached hydrogens (tertiary/aromatic N) is 1. The Labute approximate surface area is 118 Å². The lowest BCUT2D eigenvalue weighted by Crippen LogP contribution is -2.48. The molecule has 2 nitrogen and oxygen atoms in total. The Morgan fingerprint density at radius 3 is 2.44 bits per heavy atom. The molecule has 18 heavy (non-hydrogen) atoms. The zero-order valence-corrected chi connectivity index (χ0v) is 13.8. The molecule has 1 aliphatic rings. The van der Waals surface area contributed by atoms with E-state index in [2.05, 4.69) is 44.2 Å². The molecule has 1 fully saturated rings. The Morgan fingerprint density at radius 2 is 1.94 bits per heavy atom. The van der Waals surface area contributed by atoms with Crippen LogP contribution < -0.4 is 5.32 Å². The van der Waals surface area contributed by atoms with Gasteiger partial charge >= 0.3 is 0 Å². The van der Waals surface area contributed by atoms with E-state index in [0.29, 0.717) is 11.5 Å². The van der Waals surface area contributed by atoms with Crippen molar-refractivity contribution in [3.63, 3.8) is 0 Å². The van der Waals surface area contributed by atoms with Crippen molar-refractivity contribution >= 4 is 11.8 Å². The highest BCUT2D eigenvalue weighted by atomic mass is 32.2. The molecule has 1 N–H and O–H groups in total. The van der Waals surface area contributed by atoms with Crippen molar-refractivity contribution in [2.75, 3.05) is 32.4 Å². The molecular weight excluding hydrogens is 240 g/mol. The van der Waals surface area contributed by atoms with Crippen LogP contribution in [-0.2, 0) is 0 Å². The summed E-state index contributed by atoms with van der Waals surface area (Å²) >= 11 is 2.04. The molecule has 3 heteroatoms. The minimum Gasteiger partial charge on any atom is -0.314 e. The van der Waals surface area contributed by atoms with E-state index in [1.807, 2.05) is 11.8 Å². The SMILES string of the molecule is CCCNC(C)C(C)(C)CN1CCC(SC)CC1. The third-order valence-electron chi connectivity index (χ3n) is 4.37. The lowest BCUT2D eigenvalue weighted by atomic mass is 9.84. The van der Waals surface area contributed by atoms with Gasteiger partial charge in [0.05, 0.1) is 0 Å². The number of hydrogen-bond donors (Lipinski definition) is 1. The highest BCUT2D eigenvalue weighted by Crippen LogP contribution is 2.26. The van der Waals surface area contributed by atoms with Gasteiger partial charge in [0.1, 0.15) is 0 Å². The number of rotatable bonds is 7. The number of nitrogens with one attached hydrogen (secondary N) is 1. The highest BCUT2D eigenvalue weighted by molar-refractivity contribution is 7.99. The summed E-state index contributed by atoms with van der Waals surface area (Å²) in [7, 11) is 0. The molecule has 0 bridgehead atoms. The van der Waals surface area contributed by atoms with E-state index in [4.69, 9.17) is 0 Å². The van der Waals surface area contributed by atoms with Gasteiger partial charge in [-0.25, -0.2) is 0 Å². The quantitative estimate of drug-likeness (QED) is 0.766. The first-order chi connectivity index (χ1) is 8.49. The Balaban J connectivity index is 2.36. The maximum absolute atomic E-state index is 3.65. The molecule has 0 aromatic rings. The maximum Gasteiger partial charge on any atom is 0.0102 e. The molecule has 0 spiro atoms. The van der Waals surface area contributed by atoms with Crippen molar-refractivity contribution < 1.29 is 0 Å². The average molecular weight is 273 g/mol. The van der Waals surface area contributed by atoms with Crippen molar-refractivity contribution in [2.24, 2.45) is 5.41 Å². The van der Waals surface area contributed by atoms with Gasteiger partial charge in [-0.05, 0) is 57.5 Å². The van der Waals surface area contributed by atoms with Crippen LogP contribution in [0.15, 0.2) is 0 Å². The van der Waals surface area contributed by atoms with Crippen molar-refractivity contribution in [1.82, 2.24) is 10.2 Å². The van der Waals surface area contributed by atoms with Crippen LogP contribution in [0.2, 0.25) is 0 Å². The summed E-state index contributed by atoms with van der Waals surface area (Å²) in [6.07, 6.45) is 6.21. The van der Waals surface area contributed by atoms with E-state index in [1.165, 1.54) is 38.9 Å². The Morgan fingerprint density at radius 1 is 1.33 bits per heavy atom. The van der Waals surface area contributed by atoms with Crippen LogP contribution in [0, 0.1) is 5.41 Å². The van der Waals surface area contributed by atoms with E-state index in [-0.39, 0.29) is 0 Å². The van der Waals surface area contributed by atoms with Crippen LogP contribution in [-0.4, -0.2) is 48.6 Å². The summed E-state index contributed by atoms with van der Waals surface area (Å²) in [5.41, 5.74) is 0.362. The number of thioether (sulfide) groups is 1. The average Bonchev–Trinajstić information content (AvgIpc) is 2.36. The second-order valence-electron chi connectivity index (χ2n) is 6.38. The van der Waals surface area contributed by atoms with E-state index >= 15 is 0 Å². The van der Waals surface area contributed by atoms with Gasteiger partial charge in [0.15, 0.2) is 0 Å². The van der Waals surface area contributed by atoms with Gasteiger partial charge in [0.2, 0.25) is 0 Å². The highest BCUT2D eigenvalue weighted by Gasteiger charge is 2.29. The number of piperidine rings is 1. The zero-order valence-electron chi connectivity index (χ0n) is 13.0. The first-order valence-corrected chi connectivity index (χ1v) is 8.77. The molecule has 108 valence electrons. The molecule has 0 amide bonds. The second kappa shape index (κ2) is 7.76. The summed E-state index contributed by atoms with van der Waals surface area (Å²) in [4.78, 5) is 2.66. The molecule has 1 rings (SSSR count). The molecule has 1 atom stereocenters. The molecule has 0 saturated carbocycles. The number of likely N-dealkylation sites (tertiary alicyclic amines) is 1. The number of hydrogen-bond acceptors (Lipinski definition) is 3. The first kappa shape index (κ1) is 16.3. The van der Waals surface area contributed by atoms with Crippen molar-refractivity contribution in [2.45, 2.75) is 58.2 Å². The van der Waals surface area contributed by atoms with Crippen LogP contribution in [0.25, 0.3) is 0 Å². The fourth-order valence-corrected chi connectivity index (χ4v) is 3.34. The van der Waals surface area contributed by atoms with E-state index in [1.54, 1.807) is 0 Å². The standard InChI is InChI=1S/C15H32N2S/c1-6-9-16-13(2)15(3,4)12-17-10-7-14(18-5)8-11-17/h13-14,16H,6-12H2,1-5H3. The second-order valence-corrected chi connectivity index (χ2v) is 7.51. The monoisotopic (exact) mass is 272 g/mol. The first-order valence-electron chi connectivity index (χ1n) is 7.48. The van der Waals surface area contributed by atoms with Gasteiger partial charge in [-0.3, -0.25) is 0 Å². The molecular formula is C15H32N2S. The van der Waals surface area contributed by atoms with Gasteiger partial charge in [0, 0.05) is 17.8 Å². The molecule has 0 radical (unpaired) electrons. The van der Waals surface area contributed by atoms with Gasteiger partial charge in [-0.2, -0.15) is 11.8 Å². The van der Waals surface area contributed by atoms with Crippen LogP contribution in [0.5, 0.6) is 0 Å². The lowest BCUT2D eigenvalue weighted by molar-refractivity contribution is 0.126. The fourth-order valence-electron chi connectivity index (χ4n) is 2.65. The van der Waals surface area contributed by atoms with Gasteiger partial charge in [0.25, 0.3) is 0 Å². The van der Waals surface area contributed by atoms with Gasteiger partial charge in [-0.1, -0.05) is 20.8 Å². The smallest absolute Gasteiger partial charge is 0.0102 e. The van der Waals surface area contributed by atoms with Crippen LogP contribution in [0.1, 0.15) is 47.0 Å². The molecule has 0 aliphatic carbocycles. The summed E-state index contributed by atoms with van der Waals surface area (Å²) in [6.45, 7) is 14.3. The molecule has 1 saturated heterocycles. The third-order valence-corrected chi connectivity index (χ3v) is 5.51. The van der Waals surface area contributed by atoms with Crippen molar-refractivity contribution in [3.8, 4) is 0 Å². The molecule has 1 aliphatic heterocycles. The summed E-state index contributed by atoms with van der Waals surface area (Å²) in [5.74, 6) is 0. The van der Waals surface area contributed by atoms with Crippen LogP contribution >= 0.6 is 11.8 Å². The maximum atomic E-state index is 3.65. The Kier molecular flexibility index (Phi) is 7.04. The summed E-state index contributed by atoms with van der Waals surface area (Å²) < 4.78 is 0. The van der Waals surface area contributed by atoms with E-state index in [9.17, 15) is 0 Å². The lowest BCUT2D eigenvalue weighted by Gasteiger charge is -2.40. The fraction of sp³-hybridized carbons (Fsp3) is 1.00. The molecule has 0 aromatic heterocycles. The molecule has 1 unspecified atom stereocenters. The summed E-state index contributed by atoms with van der Waals surface area (Å²) in [5, 5.41) is 4.55. The van der Waals surface area contributed by atoms with Gasteiger partial charge < -0.3 is 10.2 Å². The van der Waals surface area contributed by atoms with Crippen LogP contribution in [0.3, 0.4) is 0 Å². The topological polar surface area (TPSA) is 15.3 Å². The summed E-state index contributed by atoms with van der Waals surface area (Å²) in [6, 6.07) is 0.593. The Bertz CT molecular complexity index is 223. The van der Waals surface area contributed by atoms with Crippen LogP contribution in [0.4, 0.5) is 0 Å². The third kappa shape index (κ3) is 5.10. The zero-order chi connectivity index (χ0) is 13.6. The largest absolute Gasteiger partial charge is 0.314 e. The van der Waals surface area contributed by atoms with E-state index in [0.717, 1.165) is 11.8 Å². The van der Waals surface area contributed by atoms with Gasteiger partial charge in [-0.15, -0.1) is 0 Å². The minimum absolute atomic E-state index is 0.362. The predicted molar refractivity (Wildman–Crippen MR) is 84.5 cm³/mol. The van der Waals surface area contributed by atoms with Crippen molar-refractivity contribution in [3.05, 3.63) is 0 Å². The predicted octanol–water partition coefficient (Wildman–Crippen LogP) is 3.23. The minimum atomic E-state index is 0.362. The normalized spacial score (nSPS) is 21.2. The van der Waals surface area contributed by atoms with Crippen molar-refractivity contribution in [1.29, 1.82) is 0 Å². The van der Waals surface area contributed by atoms with E-state index < -0.39 is 0 Å². The molecule has 0 aromatic carbocycles. The molecule has 1 heterocycles. The Hall–Kier alpha value is 0.270.